The van der Waals surface area contributed by atoms with Crippen LogP contribution in [0, 0.1) is 6.92 Å². The van der Waals surface area contributed by atoms with Gasteiger partial charge in [-0.05, 0) is 62.4 Å². The second kappa shape index (κ2) is 10.2. The number of nitrogens with one attached hydrogen (secondary N) is 1. The van der Waals surface area contributed by atoms with Gasteiger partial charge in [-0.25, -0.2) is 13.1 Å². The highest BCUT2D eigenvalue weighted by Gasteiger charge is 2.22. The lowest BCUT2D eigenvalue weighted by Gasteiger charge is -2.20. The molecule has 0 aliphatic carbocycles. The summed E-state index contributed by atoms with van der Waals surface area (Å²) in [6.07, 6.45) is 2.68. The first-order valence-electron chi connectivity index (χ1n) is 9.91. The number of sulfonamides is 1. The smallest absolute Gasteiger partial charge is 0.240 e. The Morgan fingerprint density at radius 1 is 1.07 bits per heavy atom. The van der Waals surface area contributed by atoms with Crippen LogP contribution in [-0.4, -0.2) is 41.1 Å². The highest BCUT2D eigenvalue weighted by molar-refractivity contribution is 7.89. The van der Waals surface area contributed by atoms with Gasteiger partial charge in [-0.1, -0.05) is 29.8 Å². The lowest BCUT2D eigenvalue weighted by molar-refractivity contribution is -0.0481. The van der Waals surface area contributed by atoms with Crippen LogP contribution in [-0.2, 0) is 25.9 Å². The summed E-state index contributed by atoms with van der Waals surface area (Å²) in [4.78, 5) is 0.283. The second-order valence-electron chi connectivity index (χ2n) is 7.29. The van der Waals surface area contributed by atoms with Crippen molar-refractivity contribution in [3.8, 4) is 5.75 Å². The van der Waals surface area contributed by atoms with Crippen molar-refractivity contribution < 1.29 is 22.6 Å². The highest BCUT2D eigenvalue weighted by atomic mass is 32.2. The number of ether oxygens (including phenoxy) is 3. The van der Waals surface area contributed by atoms with Crippen LogP contribution >= 0.6 is 0 Å². The molecule has 3 rings (SSSR count). The van der Waals surface area contributed by atoms with Crippen LogP contribution in [0.1, 0.15) is 30.4 Å². The summed E-state index contributed by atoms with van der Waals surface area (Å²) in [5, 5.41) is 0. The van der Waals surface area contributed by atoms with Crippen molar-refractivity contribution in [3.63, 3.8) is 0 Å². The molecule has 1 aliphatic rings. The first-order chi connectivity index (χ1) is 14.0. The summed E-state index contributed by atoms with van der Waals surface area (Å²) >= 11 is 0. The summed E-state index contributed by atoms with van der Waals surface area (Å²) in [5.74, 6) is 0.779. The van der Waals surface area contributed by atoms with Crippen molar-refractivity contribution in [2.75, 3.05) is 20.3 Å². The minimum Gasteiger partial charge on any atom is -0.497 e. The molecular formula is C22H29NO5S. The Morgan fingerprint density at radius 3 is 2.34 bits per heavy atom. The molecule has 1 atom stereocenters. The predicted molar refractivity (Wildman–Crippen MR) is 112 cm³/mol. The van der Waals surface area contributed by atoms with E-state index in [0.717, 1.165) is 29.7 Å². The van der Waals surface area contributed by atoms with E-state index >= 15 is 0 Å². The van der Waals surface area contributed by atoms with E-state index in [4.69, 9.17) is 14.2 Å². The first kappa shape index (κ1) is 21.8. The first-order valence-corrected chi connectivity index (χ1v) is 11.4. The standard InChI is InChI=1S/C22H29NO5S/c1-17-6-12-21(13-7-17)29(24,25)23-19(4-3-5-22-27-14-15-28-22)16-18-8-10-20(26-2)11-9-18/h6-13,19,22-23H,3-5,14-16H2,1-2H3. The predicted octanol–water partition coefficient (Wildman–Crippen LogP) is 3.44. The Bertz CT molecular complexity index is 859. The molecule has 0 saturated carbocycles. The molecule has 0 aromatic heterocycles. The van der Waals surface area contributed by atoms with E-state index in [9.17, 15) is 8.42 Å². The monoisotopic (exact) mass is 419 g/mol. The van der Waals surface area contributed by atoms with E-state index in [1.54, 1.807) is 19.2 Å². The molecule has 1 aliphatic heterocycles. The van der Waals surface area contributed by atoms with Gasteiger partial charge in [-0.3, -0.25) is 0 Å². The number of hydrogen-bond acceptors (Lipinski definition) is 5. The lowest BCUT2D eigenvalue weighted by atomic mass is 10.0. The molecule has 0 bridgehead atoms. The average Bonchev–Trinajstić information content (AvgIpc) is 3.22. The molecule has 0 amide bonds. The highest BCUT2D eigenvalue weighted by Crippen LogP contribution is 2.19. The van der Waals surface area contributed by atoms with Crippen LogP contribution in [0.4, 0.5) is 0 Å². The van der Waals surface area contributed by atoms with Gasteiger partial charge >= 0.3 is 0 Å². The van der Waals surface area contributed by atoms with Crippen molar-refractivity contribution in [2.45, 2.75) is 49.8 Å². The maximum atomic E-state index is 12.9. The third-order valence-electron chi connectivity index (χ3n) is 4.98. The third-order valence-corrected chi connectivity index (χ3v) is 6.51. The van der Waals surface area contributed by atoms with Gasteiger partial charge in [0.05, 0.1) is 25.2 Å². The van der Waals surface area contributed by atoms with Crippen molar-refractivity contribution in [1.29, 1.82) is 0 Å². The van der Waals surface area contributed by atoms with Crippen molar-refractivity contribution in [2.24, 2.45) is 0 Å². The zero-order valence-electron chi connectivity index (χ0n) is 17.0. The van der Waals surface area contributed by atoms with Gasteiger partial charge in [0.1, 0.15) is 5.75 Å². The van der Waals surface area contributed by atoms with E-state index < -0.39 is 10.0 Å². The summed E-state index contributed by atoms with van der Waals surface area (Å²) in [7, 11) is -1.97. The summed E-state index contributed by atoms with van der Waals surface area (Å²) < 4.78 is 44.8. The summed E-state index contributed by atoms with van der Waals surface area (Å²) in [5.41, 5.74) is 2.08. The van der Waals surface area contributed by atoms with Crippen LogP contribution in [0.15, 0.2) is 53.4 Å². The summed E-state index contributed by atoms with van der Waals surface area (Å²) in [6.45, 7) is 3.18. The molecule has 29 heavy (non-hydrogen) atoms. The molecule has 0 radical (unpaired) electrons. The van der Waals surface area contributed by atoms with E-state index in [-0.39, 0.29) is 17.2 Å². The number of methoxy groups -OCH3 is 1. The van der Waals surface area contributed by atoms with Gasteiger partial charge in [-0.15, -0.1) is 0 Å². The minimum atomic E-state index is -3.60. The molecular weight excluding hydrogens is 390 g/mol. The Hall–Kier alpha value is -1.93. The van der Waals surface area contributed by atoms with E-state index in [1.165, 1.54) is 0 Å². The molecule has 158 valence electrons. The number of hydrogen-bond donors (Lipinski definition) is 1. The Balaban J connectivity index is 1.68. The van der Waals surface area contributed by atoms with Gasteiger partial charge < -0.3 is 14.2 Å². The fraction of sp³-hybridized carbons (Fsp3) is 0.455. The van der Waals surface area contributed by atoms with Crippen molar-refractivity contribution in [1.82, 2.24) is 4.72 Å². The fourth-order valence-electron chi connectivity index (χ4n) is 3.36. The molecule has 1 heterocycles. The SMILES string of the molecule is COc1ccc(CC(CCCC2OCCO2)NS(=O)(=O)c2ccc(C)cc2)cc1. The number of aryl methyl sites for hydroxylation is 1. The normalized spacial score (nSPS) is 16.1. The Labute approximate surface area is 173 Å². The van der Waals surface area contributed by atoms with Crippen molar-refractivity contribution in [3.05, 3.63) is 59.7 Å². The molecule has 1 N–H and O–H groups in total. The van der Waals surface area contributed by atoms with Crippen LogP contribution in [0.5, 0.6) is 5.75 Å². The van der Waals surface area contributed by atoms with Gasteiger partial charge in [0.25, 0.3) is 0 Å². The Morgan fingerprint density at radius 2 is 1.72 bits per heavy atom. The maximum absolute atomic E-state index is 12.9. The van der Waals surface area contributed by atoms with Crippen LogP contribution in [0.25, 0.3) is 0 Å². The largest absolute Gasteiger partial charge is 0.497 e. The molecule has 1 fully saturated rings. The molecule has 2 aromatic rings. The minimum absolute atomic E-state index is 0.176. The molecule has 6 nitrogen and oxygen atoms in total. The van der Waals surface area contributed by atoms with Crippen LogP contribution in [0.2, 0.25) is 0 Å². The van der Waals surface area contributed by atoms with Crippen LogP contribution < -0.4 is 9.46 Å². The van der Waals surface area contributed by atoms with Crippen molar-refractivity contribution >= 4 is 10.0 Å². The van der Waals surface area contributed by atoms with E-state index in [0.29, 0.717) is 26.1 Å². The molecule has 1 saturated heterocycles. The molecule has 2 aromatic carbocycles. The van der Waals surface area contributed by atoms with Gasteiger partial charge in [-0.2, -0.15) is 0 Å². The second-order valence-corrected chi connectivity index (χ2v) is 9.00. The molecule has 0 spiro atoms. The van der Waals surface area contributed by atoms with E-state index in [2.05, 4.69) is 4.72 Å². The molecule has 1 unspecified atom stereocenters. The third kappa shape index (κ3) is 6.54. The lowest BCUT2D eigenvalue weighted by Crippen LogP contribution is -2.36. The maximum Gasteiger partial charge on any atom is 0.240 e. The number of rotatable bonds is 10. The van der Waals surface area contributed by atoms with Crippen LogP contribution in [0.3, 0.4) is 0 Å². The van der Waals surface area contributed by atoms with Gasteiger partial charge in [0.2, 0.25) is 10.0 Å². The quantitative estimate of drug-likeness (QED) is 0.639. The topological polar surface area (TPSA) is 73.9 Å². The zero-order valence-corrected chi connectivity index (χ0v) is 17.8. The van der Waals surface area contributed by atoms with Gasteiger partial charge in [0.15, 0.2) is 6.29 Å². The van der Waals surface area contributed by atoms with Gasteiger partial charge in [0, 0.05) is 6.04 Å². The summed E-state index contributed by atoms with van der Waals surface area (Å²) in [6, 6.07) is 14.4. The number of benzene rings is 2. The fourth-order valence-corrected chi connectivity index (χ4v) is 4.63. The zero-order chi connectivity index (χ0) is 20.7. The Kier molecular flexibility index (Phi) is 7.66. The average molecular weight is 420 g/mol. The van der Waals surface area contributed by atoms with E-state index in [1.807, 2.05) is 43.3 Å². The molecule has 7 heteroatoms.